The van der Waals surface area contributed by atoms with E-state index in [1.807, 2.05) is 12.1 Å². The molecule has 6 nitrogen and oxygen atoms in total. The molecule has 0 unspecified atom stereocenters. The third kappa shape index (κ3) is 12.8. The Bertz CT molecular complexity index is 693. The number of ether oxygens (including phenoxy) is 1. The van der Waals surface area contributed by atoms with E-state index in [4.69, 9.17) is 10.2 Å². The van der Waals surface area contributed by atoms with Crippen LogP contribution in [0.2, 0.25) is 0 Å². The van der Waals surface area contributed by atoms with E-state index < -0.39 is 11.9 Å². The predicted octanol–water partition coefficient (Wildman–Crippen LogP) is 4.67. The second-order valence-corrected chi connectivity index (χ2v) is 6.18. The van der Waals surface area contributed by atoms with Gasteiger partial charge in [0.25, 0.3) is 0 Å². The molecule has 148 valence electrons. The highest BCUT2D eigenvalue weighted by molar-refractivity contribution is 5.92. The second kappa shape index (κ2) is 13.1. The zero-order valence-corrected chi connectivity index (χ0v) is 16.5. The highest BCUT2D eigenvalue weighted by Gasteiger charge is 2.16. The molecule has 1 aromatic rings. The molecule has 0 aliphatic rings. The number of carbonyl (C=O) groups is 3. The van der Waals surface area contributed by atoms with Gasteiger partial charge in [-0.25, -0.2) is 9.59 Å². The van der Waals surface area contributed by atoms with Gasteiger partial charge in [0.15, 0.2) is 0 Å². The number of hydrogen-bond donors (Lipinski definition) is 2. The highest BCUT2D eigenvalue weighted by atomic mass is 16.5. The number of benzene rings is 1. The van der Waals surface area contributed by atoms with Gasteiger partial charge in [0.1, 0.15) is 0 Å². The molecule has 0 fully saturated rings. The summed E-state index contributed by atoms with van der Waals surface area (Å²) in [5.74, 6) is -2.13. The molecule has 1 rings (SSSR count). The number of carboxylic acids is 2. The van der Waals surface area contributed by atoms with Gasteiger partial charge in [-0.1, -0.05) is 58.2 Å². The molecule has 0 aromatic heterocycles. The summed E-state index contributed by atoms with van der Waals surface area (Å²) in [4.78, 5) is 30.2. The monoisotopic (exact) mass is 376 g/mol. The Kier molecular flexibility index (Phi) is 12.7. The predicted molar refractivity (Wildman–Crippen MR) is 107 cm³/mol. The molecule has 0 bridgehead atoms. The smallest absolute Gasteiger partial charge is 0.336 e. The van der Waals surface area contributed by atoms with Crippen molar-refractivity contribution in [1.29, 1.82) is 0 Å². The van der Waals surface area contributed by atoms with Crippen LogP contribution in [0.4, 0.5) is 0 Å². The van der Waals surface area contributed by atoms with Gasteiger partial charge >= 0.3 is 17.9 Å². The second-order valence-electron chi connectivity index (χ2n) is 6.18. The lowest BCUT2D eigenvalue weighted by molar-refractivity contribution is -0.135. The van der Waals surface area contributed by atoms with Crippen molar-refractivity contribution in [3.8, 4) is 0 Å². The molecule has 2 N–H and O–H groups in total. The van der Waals surface area contributed by atoms with E-state index in [9.17, 15) is 14.4 Å². The molecule has 0 radical (unpaired) electrons. The van der Waals surface area contributed by atoms with Crippen molar-refractivity contribution in [2.24, 2.45) is 0 Å². The Labute approximate surface area is 160 Å². The molecular weight excluding hydrogens is 348 g/mol. The summed E-state index contributed by atoms with van der Waals surface area (Å²) < 4.78 is 4.17. The average Bonchev–Trinajstić information content (AvgIpc) is 2.54. The fourth-order valence-corrected chi connectivity index (χ4v) is 1.65. The maximum Gasteiger partial charge on any atom is 0.336 e. The van der Waals surface area contributed by atoms with E-state index in [0.29, 0.717) is 11.1 Å². The highest BCUT2D eigenvalue weighted by Crippen LogP contribution is 2.25. The molecule has 27 heavy (non-hydrogen) atoms. The zero-order chi connectivity index (χ0) is 21.6. The summed E-state index contributed by atoms with van der Waals surface area (Å²) in [6.07, 6.45) is 5.24. The number of carbonyl (C=O) groups excluding carboxylic acids is 1. The zero-order valence-electron chi connectivity index (χ0n) is 16.5. The number of aromatic carboxylic acids is 1. The molecule has 1 aromatic carbocycles. The largest absolute Gasteiger partial charge is 0.478 e. The van der Waals surface area contributed by atoms with Crippen LogP contribution in [0.15, 0.2) is 49.8 Å². The molecule has 6 heteroatoms. The van der Waals surface area contributed by atoms with E-state index >= 15 is 0 Å². The Balaban J connectivity index is 0. The minimum Gasteiger partial charge on any atom is -0.478 e. The van der Waals surface area contributed by atoms with Crippen molar-refractivity contribution in [1.82, 2.24) is 0 Å². The van der Waals surface area contributed by atoms with E-state index in [2.05, 4.69) is 38.7 Å². The first kappa shape index (κ1) is 26.1. The van der Waals surface area contributed by atoms with Gasteiger partial charge in [0, 0.05) is 13.0 Å². The maximum atomic E-state index is 10.9. The molecule has 0 atom stereocenters. The molecule has 0 saturated heterocycles. The van der Waals surface area contributed by atoms with Crippen molar-refractivity contribution in [3.63, 3.8) is 0 Å². The average molecular weight is 376 g/mol. The lowest BCUT2D eigenvalue weighted by Gasteiger charge is -2.20. The van der Waals surface area contributed by atoms with Crippen molar-refractivity contribution in [3.05, 3.63) is 66.5 Å². The van der Waals surface area contributed by atoms with Crippen molar-refractivity contribution in [2.75, 3.05) is 0 Å². The van der Waals surface area contributed by atoms with E-state index in [1.165, 1.54) is 13.0 Å². The van der Waals surface area contributed by atoms with Crippen LogP contribution in [-0.2, 0) is 19.7 Å². The standard InChI is InChI=1S/C13H16O2.2C4H6O2/c1-5-9-8-10(13(2,3)4)6-7-11(9)12(14)15;1-3-6-4(2)5;1-2-3-4(5)6/h5-8H,1H2,2-4H3,(H,14,15);3H,1H2,2H3;2-3H,1H3,(H,5,6)/b;;3-2+. The minimum absolute atomic E-state index is 0.0226. The Morgan fingerprint density at radius 1 is 1.11 bits per heavy atom. The molecular formula is C21H28O6. The van der Waals surface area contributed by atoms with Crippen molar-refractivity contribution < 1.29 is 29.3 Å². The van der Waals surface area contributed by atoms with E-state index in [0.717, 1.165) is 17.9 Å². The lowest BCUT2D eigenvalue weighted by Crippen LogP contribution is -2.12. The van der Waals surface area contributed by atoms with Gasteiger partial charge in [-0.3, -0.25) is 4.79 Å². The summed E-state index contributed by atoms with van der Waals surface area (Å²) >= 11 is 0. The molecule has 0 heterocycles. The number of carboxylic acid groups (broad SMARTS) is 2. The number of aliphatic carboxylic acids is 1. The summed E-state index contributed by atoms with van der Waals surface area (Å²) in [5.41, 5.74) is 2.12. The van der Waals surface area contributed by atoms with Crippen LogP contribution in [0.25, 0.3) is 6.08 Å². The Hall–Kier alpha value is -3.15. The first-order valence-electron chi connectivity index (χ1n) is 8.04. The van der Waals surface area contributed by atoms with Gasteiger partial charge in [0.05, 0.1) is 11.8 Å². The fourth-order valence-electron chi connectivity index (χ4n) is 1.65. The van der Waals surface area contributed by atoms with E-state index in [1.54, 1.807) is 19.1 Å². The number of rotatable bonds is 4. The third-order valence-electron chi connectivity index (χ3n) is 2.93. The molecule has 0 spiro atoms. The first-order chi connectivity index (χ1) is 12.4. The minimum atomic E-state index is -0.912. The summed E-state index contributed by atoms with van der Waals surface area (Å²) in [5, 5.41) is 16.8. The van der Waals surface area contributed by atoms with Gasteiger partial charge < -0.3 is 14.9 Å². The van der Waals surface area contributed by atoms with E-state index in [-0.39, 0.29) is 11.4 Å². The van der Waals surface area contributed by atoms with Crippen molar-refractivity contribution in [2.45, 2.75) is 40.0 Å². The maximum absolute atomic E-state index is 10.9. The summed E-state index contributed by atoms with van der Waals surface area (Å²) in [6.45, 7) is 16.1. The number of allylic oxidation sites excluding steroid dienone is 1. The fraction of sp³-hybridized carbons (Fsp3) is 0.286. The first-order valence-corrected chi connectivity index (χ1v) is 8.04. The van der Waals surface area contributed by atoms with Crippen LogP contribution in [0, 0.1) is 0 Å². The van der Waals surface area contributed by atoms with Crippen LogP contribution in [0.1, 0.15) is 56.1 Å². The number of hydrogen-bond acceptors (Lipinski definition) is 4. The van der Waals surface area contributed by atoms with Crippen LogP contribution >= 0.6 is 0 Å². The molecule has 0 amide bonds. The quantitative estimate of drug-likeness (QED) is 0.450. The Morgan fingerprint density at radius 2 is 1.67 bits per heavy atom. The van der Waals surface area contributed by atoms with Crippen LogP contribution in [-0.4, -0.2) is 28.1 Å². The third-order valence-corrected chi connectivity index (χ3v) is 2.93. The lowest BCUT2D eigenvalue weighted by atomic mass is 9.85. The van der Waals surface area contributed by atoms with Gasteiger partial charge in [-0.2, -0.15) is 0 Å². The van der Waals surface area contributed by atoms with Gasteiger partial charge in [-0.15, -0.1) is 0 Å². The Morgan fingerprint density at radius 3 is 1.89 bits per heavy atom. The van der Waals surface area contributed by atoms with Crippen LogP contribution in [0.3, 0.4) is 0 Å². The van der Waals surface area contributed by atoms with Crippen LogP contribution < -0.4 is 0 Å². The topological polar surface area (TPSA) is 101 Å². The van der Waals surface area contributed by atoms with Gasteiger partial charge in [-0.05, 0) is 29.5 Å². The summed E-state index contributed by atoms with van der Waals surface area (Å²) in [7, 11) is 0. The summed E-state index contributed by atoms with van der Waals surface area (Å²) in [6, 6.07) is 5.38. The molecule has 0 aliphatic carbocycles. The number of esters is 1. The normalized spacial score (nSPS) is 9.81. The SMILES string of the molecule is C/C=C/C(=O)O.C=COC(C)=O.C=Cc1cc(C(C)(C)C)ccc1C(=O)O. The molecule has 0 aliphatic heterocycles. The van der Waals surface area contributed by atoms with Crippen LogP contribution in [0.5, 0.6) is 0 Å². The molecule has 0 saturated carbocycles. The van der Waals surface area contributed by atoms with Crippen molar-refractivity contribution >= 4 is 24.0 Å². The van der Waals surface area contributed by atoms with Gasteiger partial charge in [0.2, 0.25) is 0 Å².